The number of benzene rings is 2. The summed E-state index contributed by atoms with van der Waals surface area (Å²) in [5, 5.41) is 6.12. The maximum Gasteiger partial charge on any atom is 0.416 e. The van der Waals surface area contributed by atoms with Crippen molar-refractivity contribution < 1.29 is 35.6 Å². The van der Waals surface area contributed by atoms with Crippen LogP contribution in [-0.4, -0.2) is 50.0 Å². The highest BCUT2D eigenvalue weighted by atomic mass is 32.2. The molecule has 1 aliphatic heterocycles. The summed E-state index contributed by atoms with van der Waals surface area (Å²) in [6.45, 7) is 0.269. The quantitative estimate of drug-likeness (QED) is 0.424. The molecular weight excluding hydrogens is 550 g/mol. The largest absolute Gasteiger partial charge is 0.416 e. The summed E-state index contributed by atoms with van der Waals surface area (Å²) in [5.41, 5.74) is -0.477. The fourth-order valence-corrected chi connectivity index (χ4v) is 6.00. The fraction of sp³-hybridized carbons (Fsp3) is 0.500. The summed E-state index contributed by atoms with van der Waals surface area (Å²) in [5.74, 6) is -2.18. The van der Waals surface area contributed by atoms with Crippen molar-refractivity contribution in [3.63, 3.8) is 0 Å². The summed E-state index contributed by atoms with van der Waals surface area (Å²) in [4.78, 5) is 28.6. The first kappa shape index (κ1) is 28.4. The third-order valence-electron chi connectivity index (χ3n) is 7.98. The standard InChI is InChI=1S/C28H31F4N3O4S/c1-40(38,39)19-10-12-23(33-18-4-2-5-18)21(15-19)27(37)35-13-3-6-24(35)26(36)34-25(16-7-8-16)20-11-9-17(14-22(20)29)28(30,31)32/h9-12,14-16,18,24-25,33H,2-8,13H2,1H3,(H,34,36)/t24-,25-/m1/s1. The molecular formula is C28H31F4N3O4S. The fourth-order valence-electron chi connectivity index (χ4n) is 5.35. The van der Waals surface area contributed by atoms with E-state index < -0.39 is 51.3 Å². The maximum absolute atomic E-state index is 14.8. The molecule has 3 fully saturated rings. The molecule has 0 spiro atoms. The Hall–Kier alpha value is -3.15. The van der Waals surface area contributed by atoms with Crippen molar-refractivity contribution in [3.05, 3.63) is 58.9 Å². The lowest BCUT2D eigenvalue weighted by Crippen LogP contribution is -2.47. The summed E-state index contributed by atoms with van der Waals surface area (Å²) in [6, 6.07) is 5.12. The van der Waals surface area contributed by atoms with Crippen LogP contribution in [0.25, 0.3) is 0 Å². The molecule has 3 aliphatic rings. The highest BCUT2D eigenvalue weighted by Gasteiger charge is 2.41. The molecule has 216 valence electrons. The molecule has 12 heteroatoms. The number of carbonyl (C=O) groups is 2. The first-order valence-corrected chi connectivity index (χ1v) is 15.3. The molecule has 2 amide bonds. The van der Waals surface area contributed by atoms with E-state index in [1.807, 2.05) is 0 Å². The number of anilines is 1. The second-order valence-corrected chi connectivity index (χ2v) is 13.0. The zero-order valence-corrected chi connectivity index (χ0v) is 22.7. The number of hydrogen-bond acceptors (Lipinski definition) is 5. The summed E-state index contributed by atoms with van der Waals surface area (Å²) < 4.78 is 78.4. The smallest absolute Gasteiger partial charge is 0.382 e. The zero-order chi connectivity index (χ0) is 28.8. The lowest BCUT2D eigenvalue weighted by Gasteiger charge is -2.30. The lowest BCUT2D eigenvalue weighted by atomic mass is 9.92. The first-order valence-electron chi connectivity index (χ1n) is 13.4. The molecule has 2 N–H and O–H groups in total. The molecule has 0 aromatic heterocycles. The van der Waals surface area contributed by atoms with Gasteiger partial charge in [-0.05, 0) is 81.2 Å². The zero-order valence-electron chi connectivity index (χ0n) is 21.9. The molecule has 0 unspecified atom stereocenters. The van der Waals surface area contributed by atoms with Crippen molar-refractivity contribution in [1.29, 1.82) is 0 Å². The molecule has 2 atom stereocenters. The number of nitrogens with one attached hydrogen (secondary N) is 2. The van der Waals surface area contributed by atoms with Crippen LogP contribution in [0.1, 0.15) is 72.5 Å². The van der Waals surface area contributed by atoms with Crippen LogP contribution in [-0.2, 0) is 20.8 Å². The van der Waals surface area contributed by atoms with Gasteiger partial charge >= 0.3 is 6.18 Å². The van der Waals surface area contributed by atoms with E-state index in [1.165, 1.54) is 17.0 Å². The minimum Gasteiger partial charge on any atom is -0.382 e. The van der Waals surface area contributed by atoms with E-state index in [9.17, 15) is 35.6 Å². The summed E-state index contributed by atoms with van der Waals surface area (Å²) >= 11 is 0. The van der Waals surface area contributed by atoms with E-state index in [4.69, 9.17) is 0 Å². The Balaban J connectivity index is 1.39. The monoisotopic (exact) mass is 581 g/mol. The molecule has 2 aromatic carbocycles. The third kappa shape index (κ3) is 5.96. The number of alkyl halides is 3. The average molecular weight is 582 g/mol. The van der Waals surface area contributed by atoms with E-state index >= 15 is 0 Å². The SMILES string of the molecule is CS(=O)(=O)c1ccc(NC2CCC2)c(C(=O)N2CCC[C@@H]2C(=O)N[C@@H](c2ccc(C(F)(F)F)cc2F)C2CC2)c1. The minimum absolute atomic E-state index is 0.0122. The van der Waals surface area contributed by atoms with Crippen LogP contribution in [0.15, 0.2) is 41.3 Å². The molecule has 1 saturated heterocycles. The molecule has 0 radical (unpaired) electrons. The van der Waals surface area contributed by atoms with E-state index in [2.05, 4.69) is 10.6 Å². The van der Waals surface area contributed by atoms with Crippen molar-refractivity contribution in [2.75, 3.05) is 18.1 Å². The van der Waals surface area contributed by atoms with Gasteiger partial charge in [0.25, 0.3) is 5.91 Å². The lowest BCUT2D eigenvalue weighted by molar-refractivity contribution is -0.137. The number of likely N-dealkylation sites (tertiary alicyclic amines) is 1. The number of rotatable bonds is 8. The van der Waals surface area contributed by atoms with Crippen LogP contribution in [0.4, 0.5) is 23.2 Å². The second kappa shape index (κ2) is 10.7. The number of sulfone groups is 1. The number of nitrogens with zero attached hydrogens (tertiary/aromatic N) is 1. The Bertz CT molecular complexity index is 1420. The van der Waals surface area contributed by atoms with Crippen LogP contribution in [0, 0.1) is 11.7 Å². The predicted octanol–water partition coefficient (Wildman–Crippen LogP) is 5.08. The number of hydrogen-bond donors (Lipinski definition) is 2. The number of carbonyl (C=O) groups excluding carboxylic acids is 2. The van der Waals surface area contributed by atoms with E-state index in [0.717, 1.165) is 37.7 Å². The van der Waals surface area contributed by atoms with E-state index in [-0.39, 0.29) is 34.5 Å². The van der Waals surface area contributed by atoms with Gasteiger partial charge in [0.05, 0.1) is 22.1 Å². The predicted molar refractivity (Wildman–Crippen MR) is 140 cm³/mol. The minimum atomic E-state index is -4.69. The molecule has 2 aromatic rings. The molecule has 7 nitrogen and oxygen atoms in total. The second-order valence-electron chi connectivity index (χ2n) is 11.0. The van der Waals surface area contributed by atoms with Gasteiger partial charge in [0, 0.05) is 30.1 Å². The Morgan fingerprint density at radius 1 is 1.00 bits per heavy atom. The van der Waals surface area contributed by atoms with Crippen LogP contribution in [0.5, 0.6) is 0 Å². The van der Waals surface area contributed by atoms with E-state index in [0.29, 0.717) is 37.4 Å². The van der Waals surface area contributed by atoms with Gasteiger partial charge < -0.3 is 15.5 Å². The first-order chi connectivity index (χ1) is 18.8. The van der Waals surface area contributed by atoms with Crippen molar-refractivity contribution in [2.24, 2.45) is 5.92 Å². The van der Waals surface area contributed by atoms with Gasteiger partial charge in [0.2, 0.25) is 5.91 Å². The van der Waals surface area contributed by atoms with Crippen LogP contribution < -0.4 is 10.6 Å². The van der Waals surface area contributed by atoms with Gasteiger partial charge in [-0.25, -0.2) is 12.8 Å². The van der Waals surface area contributed by atoms with E-state index in [1.54, 1.807) is 6.07 Å². The molecule has 0 bridgehead atoms. The molecule has 2 aliphatic carbocycles. The van der Waals surface area contributed by atoms with Crippen molar-refractivity contribution in [3.8, 4) is 0 Å². The normalized spacial score (nSPS) is 20.6. The van der Waals surface area contributed by atoms with Crippen molar-refractivity contribution in [2.45, 2.75) is 74.1 Å². The summed E-state index contributed by atoms with van der Waals surface area (Å²) in [7, 11) is -3.60. The van der Waals surface area contributed by atoms with Crippen molar-refractivity contribution in [1.82, 2.24) is 10.2 Å². The molecule has 40 heavy (non-hydrogen) atoms. The van der Waals surface area contributed by atoms with Gasteiger partial charge in [-0.2, -0.15) is 13.2 Å². The molecule has 5 rings (SSSR count). The van der Waals surface area contributed by atoms with Crippen LogP contribution >= 0.6 is 0 Å². The van der Waals surface area contributed by atoms with Gasteiger partial charge in [-0.15, -0.1) is 0 Å². The molecule has 1 heterocycles. The highest BCUT2D eigenvalue weighted by Crippen LogP contribution is 2.43. The van der Waals surface area contributed by atoms with Gasteiger partial charge in [0.1, 0.15) is 11.9 Å². The van der Waals surface area contributed by atoms with Gasteiger partial charge in [-0.1, -0.05) is 6.07 Å². The number of halogens is 4. The Kier molecular flexibility index (Phi) is 7.58. The topological polar surface area (TPSA) is 95.6 Å². The summed E-state index contributed by atoms with van der Waals surface area (Å²) in [6.07, 6.45) is 1.53. The molecule has 2 saturated carbocycles. The van der Waals surface area contributed by atoms with Gasteiger partial charge in [-0.3, -0.25) is 9.59 Å². The van der Waals surface area contributed by atoms with Crippen molar-refractivity contribution >= 4 is 27.3 Å². The number of amides is 2. The Morgan fingerprint density at radius 2 is 1.73 bits per heavy atom. The highest BCUT2D eigenvalue weighted by molar-refractivity contribution is 7.90. The Labute approximate surface area is 230 Å². The van der Waals surface area contributed by atoms with Gasteiger partial charge in [0.15, 0.2) is 9.84 Å². The maximum atomic E-state index is 14.8. The average Bonchev–Trinajstić information content (AvgIpc) is 3.58. The van der Waals surface area contributed by atoms with Crippen LogP contribution in [0.3, 0.4) is 0 Å². The third-order valence-corrected chi connectivity index (χ3v) is 9.09. The Morgan fingerprint density at radius 3 is 2.30 bits per heavy atom. The van der Waals surface area contributed by atoms with Crippen LogP contribution in [0.2, 0.25) is 0 Å².